The molecule has 106 valence electrons. The molecule has 0 saturated heterocycles. The number of ether oxygens (including phenoxy) is 1. The fraction of sp³-hybridized carbons (Fsp3) is 0.0667. The largest absolute Gasteiger partial charge is 0.495 e. The maximum absolute atomic E-state index is 5.96. The smallest absolute Gasteiger partial charge is 0.143 e. The van der Waals surface area contributed by atoms with Crippen LogP contribution in [0.5, 0.6) is 5.75 Å². The van der Waals surface area contributed by atoms with Gasteiger partial charge >= 0.3 is 0 Å². The van der Waals surface area contributed by atoms with Gasteiger partial charge in [-0.3, -0.25) is 0 Å². The zero-order valence-electron chi connectivity index (χ0n) is 11.3. The molecule has 5 nitrogen and oxygen atoms in total. The topological polar surface area (TPSA) is 73.1 Å². The zero-order valence-corrected chi connectivity index (χ0v) is 12.9. The predicted octanol–water partition coefficient (Wildman–Crippen LogP) is 3.73. The Morgan fingerprint density at radius 1 is 1.14 bits per heavy atom. The second-order valence-electron chi connectivity index (χ2n) is 4.47. The second-order valence-corrected chi connectivity index (χ2v) is 5.38. The predicted molar refractivity (Wildman–Crippen MR) is 87.9 cm³/mol. The van der Waals surface area contributed by atoms with Gasteiger partial charge in [-0.15, -0.1) is 0 Å². The molecule has 0 aliphatic heterocycles. The molecule has 2 aromatic carbocycles. The first-order chi connectivity index (χ1) is 10.2. The molecule has 21 heavy (non-hydrogen) atoms. The molecule has 0 fully saturated rings. The van der Waals surface area contributed by atoms with E-state index in [0.717, 1.165) is 21.1 Å². The number of aromatic nitrogens is 2. The van der Waals surface area contributed by atoms with Gasteiger partial charge in [0.2, 0.25) is 0 Å². The van der Waals surface area contributed by atoms with E-state index in [1.165, 1.54) is 6.33 Å². The fourth-order valence-corrected chi connectivity index (χ4v) is 2.31. The van der Waals surface area contributed by atoms with Crippen molar-refractivity contribution in [3.05, 3.63) is 47.2 Å². The number of nitrogen functional groups attached to an aromatic ring is 1. The third-order valence-electron chi connectivity index (χ3n) is 3.09. The van der Waals surface area contributed by atoms with Gasteiger partial charge in [-0.1, -0.05) is 15.9 Å². The molecule has 0 atom stereocenters. The standard InChI is InChI=1S/C15H13BrN4O/c1-21-14-7-13-11(6-12(14)17)15(19-8-18-13)20-10-4-2-9(16)3-5-10/h2-8H,17H2,1H3,(H,18,19,20). The first-order valence-corrected chi connectivity index (χ1v) is 7.07. The van der Waals surface area contributed by atoms with Crippen molar-refractivity contribution in [2.75, 3.05) is 18.2 Å². The fourth-order valence-electron chi connectivity index (χ4n) is 2.05. The van der Waals surface area contributed by atoms with Crippen molar-refractivity contribution in [1.82, 2.24) is 9.97 Å². The molecule has 0 aliphatic rings. The van der Waals surface area contributed by atoms with Gasteiger partial charge < -0.3 is 15.8 Å². The van der Waals surface area contributed by atoms with Gasteiger partial charge in [-0.2, -0.15) is 0 Å². The molecule has 0 radical (unpaired) electrons. The van der Waals surface area contributed by atoms with E-state index < -0.39 is 0 Å². The van der Waals surface area contributed by atoms with E-state index in [-0.39, 0.29) is 0 Å². The Morgan fingerprint density at radius 3 is 2.62 bits per heavy atom. The number of anilines is 3. The average molecular weight is 345 g/mol. The van der Waals surface area contributed by atoms with E-state index in [1.54, 1.807) is 13.2 Å². The number of fused-ring (bicyclic) bond motifs is 1. The summed E-state index contributed by atoms with van der Waals surface area (Å²) >= 11 is 3.41. The van der Waals surface area contributed by atoms with Gasteiger partial charge in [0, 0.05) is 21.6 Å². The van der Waals surface area contributed by atoms with Crippen LogP contribution in [-0.4, -0.2) is 17.1 Å². The first-order valence-electron chi connectivity index (χ1n) is 6.28. The molecular formula is C15H13BrN4O. The summed E-state index contributed by atoms with van der Waals surface area (Å²) in [6, 6.07) is 11.5. The van der Waals surface area contributed by atoms with Gasteiger partial charge in [-0.25, -0.2) is 9.97 Å². The molecule has 6 heteroatoms. The highest BCUT2D eigenvalue weighted by Crippen LogP contribution is 2.31. The lowest BCUT2D eigenvalue weighted by molar-refractivity contribution is 0.417. The van der Waals surface area contributed by atoms with Crippen molar-refractivity contribution in [1.29, 1.82) is 0 Å². The number of nitrogens with zero attached hydrogens (tertiary/aromatic N) is 2. The number of rotatable bonds is 3. The lowest BCUT2D eigenvalue weighted by Crippen LogP contribution is -1.98. The summed E-state index contributed by atoms with van der Waals surface area (Å²) in [5, 5.41) is 4.12. The monoisotopic (exact) mass is 344 g/mol. The Morgan fingerprint density at radius 2 is 1.90 bits per heavy atom. The minimum absolute atomic E-state index is 0.554. The molecule has 0 saturated carbocycles. The Bertz CT molecular complexity index is 790. The molecule has 3 aromatic rings. The highest BCUT2D eigenvalue weighted by Gasteiger charge is 2.08. The maximum Gasteiger partial charge on any atom is 0.143 e. The SMILES string of the molecule is COc1cc2ncnc(Nc3ccc(Br)cc3)c2cc1N. The summed E-state index contributed by atoms with van der Waals surface area (Å²) in [4.78, 5) is 8.54. The van der Waals surface area contributed by atoms with Gasteiger partial charge in [0.1, 0.15) is 17.9 Å². The molecule has 3 N–H and O–H groups in total. The molecule has 0 aliphatic carbocycles. The highest BCUT2D eigenvalue weighted by molar-refractivity contribution is 9.10. The number of halogens is 1. The van der Waals surface area contributed by atoms with E-state index in [1.807, 2.05) is 30.3 Å². The molecule has 3 rings (SSSR count). The van der Waals surface area contributed by atoms with Crippen molar-refractivity contribution in [2.45, 2.75) is 0 Å². The van der Waals surface area contributed by atoms with Crippen molar-refractivity contribution < 1.29 is 4.74 Å². The third kappa shape index (κ3) is 2.75. The number of methoxy groups -OCH3 is 1. The van der Waals surface area contributed by atoms with Crippen molar-refractivity contribution in [3.8, 4) is 5.75 Å². The molecule has 0 unspecified atom stereocenters. The maximum atomic E-state index is 5.96. The first kappa shape index (κ1) is 13.6. The van der Waals surface area contributed by atoms with Crippen LogP contribution in [0.25, 0.3) is 10.9 Å². The van der Waals surface area contributed by atoms with Gasteiger partial charge in [0.15, 0.2) is 0 Å². The van der Waals surface area contributed by atoms with E-state index >= 15 is 0 Å². The van der Waals surface area contributed by atoms with Crippen LogP contribution < -0.4 is 15.8 Å². The minimum Gasteiger partial charge on any atom is -0.495 e. The third-order valence-corrected chi connectivity index (χ3v) is 3.62. The number of hydrogen-bond acceptors (Lipinski definition) is 5. The Kier molecular flexibility index (Phi) is 3.62. The average Bonchev–Trinajstić information content (AvgIpc) is 2.49. The summed E-state index contributed by atoms with van der Waals surface area (Å²) in [6.45, 7) is 0. The van der Waals surface area contributed by atoms with Crippen LogP contribution >= 0.6 is 15.9 Å². The summed E-state index contributed by atoms with van der Waals surface area (Å²) in [7, 11) is 1.58. The van der Waals surface area contributed by atoms with E-state index in [0.29, 0.717) is 17.3 Å². The van der Waals surface area contributed by atoms with Crippen LogP contribution in [0.3, 0.4) is 0 Å². The molecule has 0 bridgehead atoms. The highest BCUT2D eigenvalue weighted by atomic mass is 79.9. The van der Waals surface area contributed by atoms with Crippen LogP contribution in [-0.2, 0) is 0 Å². The number of hydrogen-bond donors (Lipinski definition) is 2. The molecular weight excluding hydrogens is 332 g/mol. The summed E-state index contributed by atoms with van der Waals surface area (Å²) in [5.41, 5.74) is 8.23. The van der Waals surface area contributed by atoms with E-state index in [2.05, 4.69) is 31.2 Å². The lowest BCUT2D eigenvalue weighted by atomic mass is 10.2. The summed E-state index contributed by atoms with van der Waals surface area (Å²) in [6.07, 6.45) is 1.51. The Balaban J connectivity index is 2.06. The summed E-state index contributed by atoms with van der Waals surface area (Å²) < 4.78 is 6.24. The number of nitrogens with two attached hydrogens (primary N) is 1. The minimum atomic E-state index is 0.554. The van der Waals surface area contributed by atoms with E-state index in [9.17, 15) is 0 Å². The van der Waals surface area contributed by atoms with Crippen LogP contribution in [0.15, 0.2) is 47.2 Å². The van der Waals surface area contributed by atoms with Crippen molar-refractivity contribution in [3.63, 3.8) is 0 Å². The quantitative estimate of drug-likeness (QED) is 0.708. The van der Waals surface area contributed by atoms with Gasteiger partial charge in [0.25, 0.3) is 0 Å². The normalized spacial score (nSPS) is 10.6. The van der Waals surface area contributed by atoms with Crippen LogP contribution in [0, 0.1) is 0 Å². The van der Waals surface area contributed by atoms with E-state index in [4.69, 9.17) is 10.5 Å². The Labute approximate surface area is 130 Å². The molecule has 1 heterocycles. The number of benzene rings is 2. The van der Waals surface area contributed by atoms with Crippen molar-refractivity contribution >= 4 is 44.0 Å². The number of nitrogens with one attached hydrogen (secondary N) is 1. The molecule has 0 spiro atoms. The lowest BCUT2D eigenvalue weighted by Gasteiger charge is -2.11. The van der Waals surface area contributed by atoms with Crippen molar-refractivity contribution in [2.24, 2.45) is 0 Å². The van der Waals surface area contributed by atoms with Crippen LogP contribution in [0.2, 0.25) is 0 Å². The molecule has 0 amide bonds. The Hall–Kier alpha value is -2.34. The second kappa shape index (κ2) is 5.57. The van der Waals surface area contributed by atoms with Gasteiger partial charge in [-0.05, 0) is 30.3 Å². The zero-order chi connectivity index (χ0) is 14.8. The van der Waals surface area contributed by atoms with Crippen LogP contribution in [0.4, 0.5) is 17.2 Å². The van der Waals surface area contributed by atoms with Gasteiger partial charge in [0.05, 0.1) is 18.3 Å². The summed E-state index contributed by atoms with van der Waals surface area (Å²) in [5.74, 6) is 1.31. The van der Waals surface area contributed by atoms with Crippen LogP contribution in [0.1, 0.15) is 0 Å². The molecule has 1 aromatic heterocycles.